The SMILES string of the molecule is Cc1ccnc(Nc2cccc(-c3cnc(N(C)CCCCC(=O)O)s3)n2)c1. The standard InChI is InChI=1S/C20H23N5O2S/c1-14-9-10-21-18(12-14)24-17-7-5-6-15(23-17)16-13-22-20(28-16)25(2)11-4-3-8-19(26)27/h5-7,9-10,12-13H,3-4,8,11H2,1-2H3,(H,26,27)(H,21,23,24). The smallest absolute Gasteiger partial charge is 0.303 e. The zero-order valence-electron chi connectivity index (χ0n) is 15.9. The molecule has 0 saturated carbocycles. The molecule has 3 rings (SSSR count). The largest absolute Gasteiger partial charge is 0.481 e. The summed E-state index contributed by atoms with van der Waals surface area (Å²) in [5.74, 6) is 0.739. The highest BCUT2D eigenvalue weighted by molar-refractivity contribution is 7.18. The highest BCUT2D eigenvalue weighted by Gasteiger charge is 2.10. The molecule has 3 heterocycles. The lowest BCUT2D eigenvalue weighted by Gasteiger charge is -2.14. The second-order valence-corrected chi connectivity index (χ2v) is 7.54. The predicted octanol–water partition coefficient (Wildman–Crippen LogP) is 4.34. The molecular formula is C20H23N5O2S. The van der Waals surface area contributed by atoms with Gasteiger partial charge in [-0.25, -0.2) is 15.0 Å². The molecule has 0 aliphatic heterocycles. The second-order valence-electron chi connectivity index (χ2n) is 6.53. The lowest BCUT2D eigenvalue weighted by molar-refractivity contribution is -0.137. The van der Waals surface area contributed by atoms with Crippen LogP contribution in [0.1, 0.15) is 24.8 Å². The monoisotopic (exact) mass is 397 g/mol. The maximum absolute atomic E-state index is 10.6. The summed E-state index contributed by atoms with van der Waals surface area (Å²) in [6.07, 6.45) is 5.28. The average Bonchev–Trinajstić information content (AvgIpc) is 3.15. The fourth-order valence-corrected chi connectivity index (χ4v) is 3.53. The molecule has 0 fully saturated rings. The molecule has 0 atom stereocenters. The average molecular weight is 398 g/mol. The van der Waals surface area contributed by atoms with Crippen LogP contribution >= 0.6 is 11.3 Å². The first-order valence-electron chi connectivity index (χ1n) is 9.07. The molecule has 0 unspecified atom stereocenters. The lowest BCUT2D eigenvalue weighted by Crippen LogP contribution is -2.18. The molecule has 0 aliphatic rings. The Morgan fingerprint density at radius 2 is 2.07 bits per heavy atom. The van der Waals surface area contributed by atoms with E-state index in [1.54, 1.807) is 17.5 Å². The van der Waals surface area contributed by atoms with Crippen LogP contribution in [-0.2, 0) is 4.79 Å². The number of hydrogen-bond acceptors (Lipinski definition) is 7. The lowest BCUT2D eigenvalue weighted by atomic mass is 10.2. The molecule has 2 N–H and O–H groups in total. The second kappa shape index (κ2) is 9.27. The molecule has 0 saturated heterocycles. The number of thiazole rings is 1. The van der Waals surface area contributed by atoms with E-state index in [2.05, 4.69) is 25.2 Å². The predicted molar refractivity (Wildman–Crippen MR) is 112 cm³/mol. The van der Waals surface area contributed by atoms with Crippen LogP contribution in [0.25, 0.3) is 10.6 Å². The van der Waals surface area contributed by atoms with Gasteiger partial charge < -0.3 is 15.3 Å². The quantitative estimate of drug-likeness (QED) is 0.519. The molecule has 8 heteroatoms. The van der Waals surface area contributed by atoms with Gasteiger partial charge in [-0.05, 0) is 49.6 Å². The summed E-state index contributed by atoms with van der Waals surface area (Å²) in [4.78, 5) is 27.1. The first-order chi connectivity index (χ1) is 13.5. The van der Waals surface area contributed by atoms with Crippen LogP contribution in [0, 0.1) is 6.92 Å². The number of aliphatic carboxylic acids is 1. The van der Waals surface area contributed by atoms with Crippen molar-refractivity contribution in [2.24, 2.45) is 0 Å². The van der Waals surface area contributed by atoms with Gasteiger partial charge in [0.2, 0.25) is 0 Å². The Balaban J connectivity index is 1.65. The van der Waals surface area contributed by atoms with E-state index in [1.807, 2.05) is 50.5 Å². The molecule has 0 aromatic carbocycles. The van der Waals surface area contributed by atoms with Gasteiger partial charge in [-0.1, -0.05) is 17.4 Å². The molecule has 28 heavy (non-hydrogen) atoms. The number of anilines is 3. The zero-order valence-corrected chi connectivity index (χ0v) is 16.7. The number of hydrogen-bond donors (Lipinski definition) is 2. The van der Waals surface area contributed by atoms with Crippen LogP contribution in [0.3, 0.4) is 0 Å². The minimum absolute atomic E-state index is 0.205. The molecule has 146 valence electrons. The van der Waals surface area contributed by atoms with Gasteiger partial charge in [0, 0.05) is 32.4 Å². The maximum Gasteiger partial charge on any atom is 0.303 e. The molecule has 3 aromatic rings. The third-order valence-corrected chi connectivity index (χ3v) is 5.26. The van der Waals surface area contributed by atoms with Crippen molar-refractivity contribution in [3.8, 4) is 10.6 Å². The van der Waals surface area contributed by atoms with Crippen LogP contribution in [0.5, 0.6) is 0 Å². The van der Waals surface area contributed by atoms with E-state index in [0.717, 1.165) is 45.9 Å². The van der Waals surface area contributed by atoms with Crippen LogP contribution in [0.4, 0.5) is 16.8 Å². The first-order valence-corrected chi connectivity index (χ1v) is 9.89. The molecule has 0 aliphatic carbocycles. The van der Waals surface area contributed by atoms with Gasteiger partial charge in [-0.2, -0.15) is 0 Å². The van der Waals surface area contributed by atoms with Crippen molar-refractivity contribution in [3.63, 3.8) is 0 Å². The van der Waals surface area contributed by atoms with Crippen molar-refractivity contribution in [1.82, 2.24) is 15.0 Å². The number of carboxylic acids is 1. The van der Waals surface area contributed by atoms with E-state index in [4.69, 9.17) is 5.11 Å². The Bertz CT molecular complexity index is 944. The molecule has 3 aromatic heterocycles. The van der Waals surface area contributed by atoms with Gasteiger partial charge in [0.15, 0.2) is 5.13 Å². The minimum atomic E-state index is -0.750. The highest BCUT2D eigenvalue weighted by Crippen LogP contribution is 2.30. The number of aryl methyl sites for hydroxylation is 1. The van der Waals surface area contributed by atoms with Crippen molar-refractivity contribution >= 4 is 34.1 Å². The summed E-state index contributed by atoms with van der Waals surface area (Å²) in [7, 11) is 1.97. The number of nitrogens with zero attached hydrogens (tertiary/aromatic N) is 4. The third kappa shape index (κ3) is 5.50. The molecule has 0 amide bonds. The van der Waals surface area contributed by atoms with Crippen LogP contribution in [-0.4, -0.2) is 39.6 Å². The van der Waals surface area contributed by atoms with E-state index in [0.29, 0.717) is 6.42 Å². The zero-order chi connectivity index (χ0) is 19.9. The summed E-state index contributed by atoms with van der Waals surface area (Å²) in [6, 6.07) is 9.74. The van der Waals surface area contributed by atoms with Crippen molar-refractivity contribution < 1.29 is 9.90 Å². The number of unbranched alkanes of at least 4 members (excludes halogenated alkanes) is 1. The number of pyridine rings is 2. The maximum atomic E-state index is 10.6. The van der Waals surface area contributed by atoms with E-state index >= 15 is 0 Å². The van der Waals surface area contributed by atoms with Gasteiger partial charge in [0.05, 0.1) is 10.6 Å². The van der Waals surface area contributed by atoms with Crippen LogP contribution in [0.15, 0.2) is 42.7 Å². The van der Waals surface area contributed by atoms with Gasteiger partial charge in [0.1, 0.15) is 11.6 Å². The topological polar surface area (TPSA) is 91.2 Å². The van der Waals surface area contributed by atoms with Crippen molar-refractivity contribution in [1.29, 1.82) is 0 Å². The summed E-state index contributed by atoms with van der Waals surface area (Å²) in [6.45, 7) is 2.79. The van der Waals surface area contributed by atoms with Crippen LogP contribution < -0.4 is 10.2 Å². The van der Waals surface area contributed by atoms with E-state index in [9.17, 15) is 4.79 Å². The summed E-state index contributed by atoms with van der Waals surface area (Å²) in [5, 5.41) is 12.8. The van der Waals surface area contributed by atoms with Gasteiger partial charge in [-0.3, -0.25) is 4.79 Å². The Hall–Kier alpha value is -3.00. The van der Waals surface area contributed by atoms with Crippen molar-refractivity contribution in [2.45, 2.75) is 26.2 Å². The Morgan fingerprint density at radius 1 is 1.21 bits per heavy atom. The highest BCUT2D eigenvalue weighted by atomic mass is 32.1. The molecule has 7 nitrogen and oxygen atoms in total. The van der Waals surface area contributed by atoms with Crippen molar-refractivity contribution in [2.75, 3.05) is 23.8 Å². The number of aromatic nitrogens is 3. The summed E-state index contributed by atoms with van der Waals surface area (Å²) < 4.78 is 0. The fourth-order valence-electron chi connectivity index (χ4n) is 2.66. The van der Waals surface area contributed by atoms with Gasteiger partial charge >= 0.3 is 5.97 Å². The fraction of sp³-hybridized carbons (Fsp3) is 0.300. The van der Waals surface area contributed by atoms with E-state index < -0.39 is 5.97 Å². The number of rotatable bonds is 9. The van der Waals surface area contributed by atoms with Crippen LogP contribution in [0.2, 0.25) is 0 Å². The number of carbonyl (C=O) groups is 1. The molecule has 0 spiro atoms. The molecular weight excluding hydrogens is 374 g/mol. The minimum Gasteiger partial charge on any atom is -0.481 e. The molecule has 0 radical (unpaired) electrons. The van der Waals surface area contributed by atoms with E-state index in [1.165, 1.54) is 0 Å². The van der Waals surface area contributed by atoms with E-state index in [-0.39, 0.29) is 6.42 Å². The Kier molecular flexibility index (Phi) is 6.54. The van der Waals surface area contributed by atoms with Crippen molar-refractivity contribution in [3.05, 3.63) is 48.3 Å². The number of carboxylic acid groups (broad SMARTS) is 1. The summed E-state index contributed by atoms with van der Waals surface area (Å²) in [5.41, 5.74) is 1.98. The Morgan fingerprint density at radius 3 is 2.86 bits per heavy atom. The number of nitrogens with one attached hydrogen (secondary N) is 1. The molecule has 0 bridgehead atoms. The first kappa shape index (κ1) is 19.8. The third-order valence-electron chi connectivity index (χ3n) is 4.13. The normalized spacial score (nSPS) is 10.6. The van der Waals surface area contributed by atoms with Gasteiger partial charge in [-0.15, -0.1) is 0 Å². The summed E-state index contributed by atoms with van der Waals surface area (Å²) >= 11 is 1.57. The Labute approximate surface area is 168 Å². The van der Waals surface area contributed by atoms with Gasteiger partial charge in [0.25, 0.3) is 0 Å².